The molecule has 1 fully saturated rings. The Bertz CT molecular complexity index is 1480. The minimum atomic E-state index is -3.65. The van der Waals surface area contributed by atoms with E-state index in [4.69, 9.17) is 16.3 Å². The molecule has 3 aromatic rings. The van der Waals surface area contributed by atoms with Crippen LogP contribution in [0.15, 0.2) is 29.6 Å². The number of carbonyl (C=O) groups is 1. The lowest BCUT2D eigenvalue weighted by Crippen LogP contribution is -2.16. The number of sulfone groups is 1. The van der Waals surface area contributed by atoms with E-state index in [9.17, 15) is 13.2 Å². The maximum atomic E-state index is 12.8. The number of hydrogen-bond acceptors (Lipinski definition) is 9. The van der Waals surface area contributed by atoms with Crippen LogP contribution in [0.1, 0.15) is 70.4 Å². The van der Waals surface area contributed by atoms with Gasteiger partial charge in [0.1, 0.15) is 16.6 Å². The monoisotopic (exact) mass is 574 g/mol. The standard InChI is InChI=1S/C27H35ClN6O4S/c1-15(2)38-24-12-20(18-7-9-19(35)10-8-18)17(5)11-22(24)31-27-29-13-21(28)25(32-27)30-23-14-34(6)33-26(23)39(36,37)16(3)4/h11-16,18H,7-10H2,1-6H3,(H2,29,30,31,32). The number of ketones is 1. The van der Waals surface area contributed by atoms with Crippen molar-refractivity contribution >= 4 is 50.4 Å². The van der Waals surface area contributed by atoms with Crippen molar-refractivity contribution in [3.63, 3.8) is 0 Å². The normalized spacial score (nSPS) is 14.7. The molecule has 0 radical (unpaired) electrons. The predicted molar refractivity (Wildman–Crippen MR) is 152 cm³/mol. The highest BCUT2D eigenvalue weighted by Gasteiger charge is 2.27. The average molecular weight is 575 g/mol. The van der Waals surface area contributed by atoms with E-state index in [0.29, 0.717) is 36.0 Å². The molecule has 0 saturated heterocycles. The molecule has 1 aliphatic rings. The fraction of sp³-hybridized carbons (Fsp3) is 0.481. The van der Waals surface area contributed by atoms with Crippen molar-refractivity contribution in [3.05, 3.63) is 40.7 Å². The zero-order valence-electron chi connectivity index (χ0n) is 23.1. The molecule has 1 saturated carbocycles. The summed E-state index contributed by atoms with van der Waals surface area (Å²) in [4.78, 5) is 20.6. The van der Waals surface area contributed by atoms with Crippen LogP contribution in [0.2, 0.25) is 5.02 Å². The molecule has 0 spiro atoms. The number of rotatable bonds is 9. The Morgan fingerprint density at radius 2 is 1.79 bits per heavy atom. The highest BCUT2D eigenvalue weighted by molar-refractivity contribution is 7.92. The van der Waals surface area contributed by atoms with Gasteiger partial charge in [-0.25, -0.2) is 13.4 Å². The summed E-state index contributed by atoms with van der Waals surface area (Å²) in [5, 5.41) is 9.90. The average Bonchev–Trinajstić information content (AvgIpc) is 3.23. The molecule has 39 heavy (non-hydrogen) atoms. The number of anilines is 4. The quantitative estimate of drug-likeness (QED) is 0.323. The van der Waals surface area contributed by atoms with Gasteiger partial charge in [-0.2, -0.15) is 10.1 Å². The molecule has 2 aromatic heterocycles. The molecule has 10 nitrogen and oxygen atoms in total. The Labute approximate surface area is 234 Å². The van der Waals surface area contributed by atoms with Crippen LogP contribution in [0.3, 0.4) is 0 Å². The van der Waals surface area contributed by atoms with Gasteiger partial charge in [-0.1, -0.05) is 11.6 Å². The second-order valence-corrected chi connectivity index (χ2v) is 13.3. The van der Waals surface area contributed by atoms with E-state index >= 15 is 0 Å². The number of aromatic nitrogens is 4. The number of halogens is 1. The van der Waals surface area contributed by atoms with Crippen molar-refractivity contribution in [2.24, 2.45) is 7.05 Å². The number of carbonyl (C=O) groups excluding carboxylic acids is 1. The predicted octanol–water partition coefficient (Wildman–Crippen LogP) is 5.86. The van der Waals surface area contributed by atoms with Crippen molar-refractivity contribution in [1.82, 2.24) is 19.7 Å². The first kappa shape index (κ1) is 28.8. The highest BCUT2D eigenvalue weighted by atomic mass is 35.5. The molecule has 12 heteroatoms. The fourth-order valence-electron chi connectivity index (χ4n) is 4.59. The number of nitrogens with one attached hydrogen (secondary N) is 2. The molecule has 2 heterocycles. The van der Waals surface area contributed by atoms with E-state index in [1.807, 2.05) is 32.9 Å². The van der Waals surface area contributed by atoms with Gasteiger partial charge in [0.2, 0.25) is 20.8 Å². The molecular weight excluding hydrogens is 540 g/mol. The van der Waals surface area contributed by atoms with Crippen LogP contribution in [-0.2, 0) is 21.7 Å². The van der Waals surface area contributed by atoms with Crippen molar-refractivity contribution in [2.75, 3.05) is 10.6 Å². The Balaban J connectivity index is 1.65. The zero-order valence-corrected chi connectivity index (χ0v) is 24.7. The third-order valence-electron chi connectivity index (χ3n) is 6.64. The number of nitrogens with zero attached hydrogens (tertiary/aromatic N) is 4. The molecule has 1 aliphatic carbocycles. The number of Topliss-reactive ketones (excluding diaryl/α,β-unsaturated/α-hetero) is 1. The Hall–Kier alpha value is -3.18. The largest absolute Gasteiger partial charge is 0.489 e. The van der Waals surface area contributed by atoms with Gasteiger partial charge in [-0.05, 0) is 76.6 Å². The Kier molecular flexibility index (Phi) is 8.51. The van der Waals surface area contributed by atoms with Gasteiger partial charge in [0.05, 0.1) is 28.9 Å². The Morgan fingerprint density at radius 3 is 2.44 bits per heavy atom. The van der Waals surface area contributed by atoms with E-state index in [1.165, 1.54) is 16.4 Å². The van der Waals surface area contributed by atoms with Crippen LogP contribution >= 0.6 is 11.6 Å². The summed E-state index contributed by atoms with van der Waals surface area (Å²) < 4.78 is 33.3. The van der Waals surface area contributed by atoms with E-state index < -0.39 is 15.1 Å². The number of aryl methyl sites for hydroxylation is 2. The van der Waals surface area contributed by atoms with Crippen LogP contribution in [0.25, 0.3) is 0 Å². The maximum Gasteiger partial charge on any atom is 0.229 e. The minimum absolute atomic E-state index is 0.0655. The smallest absolute Gasteiger partial charge is 0.229 e. The highest BCUT2D eigenvalue weighted by Crippen LogP contribution is 2.39. The van der Waals surface area contributed by atoms with E-state index in [0.717, 1.165) is 18.4 Å². The lowest BCUT2D eigenvalue weighted by Gasteiger charge is -2.25. The molecular formula is C27H35ClN6O4S. The third kappa shape index (κ3) is 6.52. The van der Waals surface area contributed by atoms with Crippen molar-refractivity contribution in [1.29, 1.82) is 0 Å². The molecule has 1 aromatic carbocycles. The van der Waals surface area contributed by atoms with Crippen LogP contribution in [-0.4, -0.2) is 45.3 Å². The van der Waals surface area contributed by atoms with Gasteiger partial charge in [0, 0.05) is 26.1 Å². The number of benzene rings is 1. The first-order chi connectivity index (χ1) is 18.3. The van der Waals surface area contributed by atoms with Crippen LogP contribution in [0, 0.1) is 6.92 Å². The maximum absolute atomic E-state index is 12.8. The van der Waals surface area contributed by atoms with Crippen molar-refractivity contribution < 1.29 is 17.9 Å². The summed E-state index contributed by atoms with van der Waals surface area (Å²) in [5.41, 5.74) is 3.22. The fourth-order valence-corrected chi connectivity index (χ4v) is 5.83. The first-order valence-corrected chi connectivity index (χ1v) is 14.9. The second-order valence-electron chi connectivity index (χ2n) is 10.4. The lowest BCUT2D eigenvalue weighted by atomic mass is 9.81. The van der Waals surface area contributed by atoms with Gasteiger partial charge < -0.3 is 15.4 Å². The summed E-state index contributed by atoms with van der Waals surface area (Å²) in [6.45, 7) is 9.17. The summed E-state index contributed by atoms with van der Waals surface area (Å²) in [7, 11) is -2.00. The van der Waals surface area contributed by atoms with Gasteiger partial charge in [0.25, 0.3) is 0 Å². The van der Waals surface area contributed by atoms with E-state index in [1.54, 1.807) is 27.1 Å². The van der Waals surface area contributed by atoms with Crippen LogP contribution in [0.4, 0.5) is 23.1 Å². The molecule has 0 bridgehead atoms. The van der Waals surface area contributed by atoms with Gasteiger partial charge in [-0.3, -0.25) is 9.48 Å². The molecule has 0 atom stereocenters. The van der Waals surface area contributed by atoms with Gasteiger partial charge in [0.15, 0.2) is 5.82 Å². The van der Waals surface area contributed by atoms with Crippen LogP contribution in [0.5, 0.6) is 5.75 Å². The van der Waals surface area contributed by atoms with Crippen molar-refractivity contribution in [3.8, 4) is 5.75 Å². The van der Waals surface area contributed by atoms with Crippen molar-refractivity contribution in [2.45, 2.75) is 82.6 Å². The summed E-state index contributed by atoms with van der Waals surface area (Å²) in [6.07, 6.45) is 5.83. The number of hydrogen-bond donors (Lipinski definition) is 2. The van der Waals surface area contributed by atoms with Gasteiger partial charge in [-0.15, -0.1) is 0 Å². The third-order valence-corrected chi connectivity index (χ3v) is 9.00. The second kappa shape index (κ2) is 11.5. The molecule has 0 amide bonds. The summed E-state index contributed by atoms with van der Waals surface area (Å²) in [5.74, 6) is 1.78. The first-order valence-electron chi connectivity index (χ1n) is 13.0. The summed E-state index contributed by atoms with van der Waals surface area (Å²) >= 11 is 6.39. The molecule has 0 aliphatic heterocycles. The molecule has 2 N–H and O–H groups in total. The van der Waals surface area contributed by atoms with Gasteiger partial charge >= 0.3 is 0 Å². The van der Waals surface area contributed by atoms with Crippen LogP contribution < -0.4 is 15.4 Å². The SMILES string of the molecule is Cc1cc(Nc2ncc(Cl)c(Nc3cn(C)nc3S(=O)(=O)C(C)C)n2)c(OC(C)C)cc1C1CCC(=O)CC1. The molecule has 4 rings (SSSR count). The minimum Gasteiger partial charge on any atom is -0.489 e. The van der Waals surface area contributed by atoms with E-state index in [2.05, 4.69) is 25.7 Å². The zero-order chi connectivity index (χ0) is 28.5. The summed E-state index contributed by atoms with van der Waals surface area (Å²) in [6, 6.07) is 4.05. The number of ether oxygens (including phenoxy) is 1. The van der Waals surface area contributed by atoms with E-state index in [-0.39, 0.29) is 33.6 Å². The molecule has 0 unspecified atom stereocenters. The lowest BCUT2D eigenvalue weighted by molar-refractivity contribution is -0.120. The topological polar surface area (TPSA) is 128 Å². The molecule has 210 valence electrons. The Morgan fingerprint density at radius 1 is 1.10 bits per heavy atom.